The van der Waals surface area contributed by atoms with Crippen LogP contribution in [0.3, 0.4) is 0 Å². The van der Waals surface area contributed by atoms with Crippen molar-refractivity contribution in [2.45, 2.75) is 66.6 Å². The molecular weight excluding hydrogens is 220 g/mol. The normalized spacial score (nSPS) is 15.1. The molecule has 0 heterocycles. The van der Waals surface area contributed by atoms with Crippen molar-refractivity contribution in [3.63, 3.8) is 0 Å². The second-order valence-electron chi connectivity index (χ2n) is 6.58. The molecule has 0 aromatic carbocycles. The molecule has 0 aliphatic carbocycles. The lowest BCUT2D eigenvalue weighted by atomic mass is 9.79. The lowest BCUT2D eigenvalue weighted by Gasteiger charge is -2.36. The van der Waals surface area contributed by atoms with Gasteiger partial charge in [-0.25, -0.2) is 9.78 Å². The van der Waals surface area contributed by atoms with Gasteiger partial charge in [-0.1, -0.05) is 27.7 Å². The van der Waals surface area contributed by atoms with Crippen LogP contribution in [-0.2, 0) is 14.6 Å². The number of hydrogen-bond acceptors (Lipinski definition) is 4. The van der Waals surface area contributed by atoms with E-state index in [-0.39, 0.29) is 0 Å². The van der Waals surface area contributed by atoms with E-state index in [9.17, 15) is 9.90 Å². The van der Waals surface area contributed by atoms with Crippen molar-refractivity contribution >= 4 is 5.97 Å². The zero-order chi connectivity index (χ0) is 13.9. The molecule has 0 rings (SSSR count). The van der Waals surface area contributed by atoms with Gasteiger partial charge in [0, 0.05) is 0 Å². The van der Waals surface area contributed by atoms with Gasteiger partial charge in [0.25, 0.3) is 0 Å². The van der Waals surface area contributed by atoms with Crippen molar-refractivity contribution in [2.24, 2.45) is 11.3 Å². The number of carboxylic acid groups (broad SMARTS) is 1. The van der Waals surface area contributed by atoms with Gasteiger partial charge in [-0.3, -0.25) is 0 Å². The van der Waals surface area contributed by atoms with E-state index in [4.69, 9.17) is 9.78 Å². The summed E-state index contributed by atoms with van der Waals surface area (Å²) < 4.78 is 0. The van der Waals surface area contributed by atoms with Crippen molar-refractivity contribution in [2.75, 3.05) is 0 Å². The summed E-state index contributed by atoms with van der Waals surface area (Å²) in [5.74, 6) is -0.856. The predicted molar refractivity (Wildman–Crippen MR) is 64.0 cm³/mol. The number of carboxylic acids is 1. The molecule has 1 atom stereocenters. The minimum atomic E-state index is -1.24. The van der Waals surface area contributed by atoms with E-state index < -0.39 is 23.1 Å². The third kappa shape index (κ3) is 6.64. The first-order valence-corrected chi connectivity index (χ1v) is 6.01. The second-order valence-corrected chi connectivity index (χ2v) is 6.58. The van der Waals surface area contributed by atoms with Gasteiger partial charge in [0.05, 0.1) is 11.6 Å². The minimum absolute atomic E-state index is 0.380. The second kappa shape index (κ2) is 5.83. The third-order valence-corrected chi connectivity index (χ3v) is 2.25. The fraction of sp³-hybridized carbons (Fsp3) is 0.923. The van der Waals surface area contributed by atoms with E-state index in [1.165, 1.54) is 0 Å². The standard InChI is InChI=1S/C13H26O4/c1-9(2)8-13(6,7)10(11(14)15)16-17-12(3,4)5/h9-10H,8H2,1-7H3,(H,14,15)/p-1. The van der Waals surface area contributed by atoms with Crippen LogP contribution in [0, 0.1) is 11.3 Å². The Morgan fingerprint density at radius 3 is 1.94 bits per heavy atom. The molecule has 0 aliphatic heterocycles. The van der Waals surface area contributed by atoms with Gasteiger partial charge in [0.15, 0.2) is 0 Å². The molecule has 17 heavy (non-hydrogen) atoms. The van der Waals surface area contributed by atoms with Crippen LogP contribution in [0.25, 0.3) is 0 Å². The summed E-state index contributed by atoms with van der Waals surface area (Å²) in [5, 5.41) is 11.1. The molecule has 4 nitrogen and oxygen atoms in total. The zero-order valence-electron chi connectivity index (χ0n) is 12.0. The van der Waals surface area contributed by atoms with Gasteiger partial charge in [0.2, 0.25) is 0 Å². The van der Waals surface area contributed by atoms with Gasteiger partial charge in [-0.2, -0.15) is 0 Å². The monoisotopic (exact) mass is 245 g/mol. The summed E-state index contributed by atoms with van der Waals surface area (Å²) in [4.78, 5) is 21.3. The number of carbonyl (C=O) groups excluding carboxylic acids is 1. The van der Waals surface area contributed by atoms with Gasteiger partial charge in [-0.15, -0.1) is 0 Å². The molecule has 0 spiro atoms. The Labute approximate surface area is 104 Å². The lowest BCUT2D eigenvalue weighted by molar-refractivity contribution is -0.404. The first-order valence-electron chi connectivity index (χ1n) is 6.01. The Balaban J connectivity index is 4.68. The fourth-order valence-corrected chi connectivity index (χ4v) is 1.84. The molecule has 0 bridgehead atoms. The maximum atomic E-state index is 11.1. The van der Waals surface area contributed by atoms with E-state index in [2.05, 4.69) is 0 Å². The van der Waals surface area contributed by atoms with Gasteiger partial charge in [0.1, 0.15) is 6.10 Å². The quantitative estimate of drug-likeness (QED) is 0.530. The van der Waals surface area contributed by atoms with E-state index in [0.717, 1.165) is 6.42 Å². The molecule has 4 heteroatoms. The van der Waals surface area contributed by atoms with E-state index in [0.29, 0.717) is 5.92 Å². The highest BCUT2D eigenvalue weighted by atomic mass is 17.2. The van der Waals surface area contributed by atoms with Crippen molar-refractivity contribution in [1.29, 1.82) is 0 Å². The summed E-state index contributed by atoms with van der Waals surface area (Å²) in [5.41, 5.74) is -1.07. The first-order chi connectivity index (χ1) is 7.46. The van der Waals surface area contributed by atoms with Crippen LogP contribution < -0.4 is 5.11 Å². The number of hydrogen-bond donors (Lipinski definition) is 0. The molecule has 0 amide bonds. The third-order valence-electron chi connectivity index (χ3n) is 2.25. The Kier molecular flexibility index (Phi) is 5.62. The van der Waals surface area contributed by atoms with Crippen LogP contribution in [-0.4, -0.2) is 17.7 Å². The highest BCUT2D eigenvalue weighted by Crippen LogP contribution is 2.32. The Morgan fingerprint density at radius 2 is 1.65 bits per heavy atom. The maximum Gasteiger partial charge on any atom is 0.137 e. The average molecular weight is 245 g/mol. The zero-order valence-corrected chi connectivity index (χ0v) is 12.0. The van der Waals surface area contributed by atoms with Crippen LogP contribution in [0.5, 0.6) is 0 Å². The van der Waals surface area contributed by atoms with Crippen LogP contribution >= 0.6 is 0 Å². The van der Waals surface area contributed by atoms with Crippen LogP contribution in [0.4, 0.5) is 0 Å². The fourth-order valence-electron chi connectivity index (χ4n) is 1.84. The van der Waals surface area contributed by atoms with Crippen molar-refractivity contribution < 1.29 is 19.7 Å². The van der Waals surface area contributed by atoms with Crippen LogP contribution in [0.15, 0.2) is 0 Å². The molecule has 0 saturated heterocycles. The maximum absolute atomic E-state index is 11.1. The highest BCUT2D eigenvalue weighted by molar-refractivity contribution is 5.71. The van der Waals surface area contributed by atoms with Gasteiger partial charge in [-0.05, 0) is 38.5 Å². The molecule has 102 valence electrons. The Bertz CT molecular complexity index is 251. The predicted octanol–water partition coefficient (Wildman–Crippen LogP) is 1.92. The molecule has 0 saturated carbocycles. The Hall–Kier alpha value is -0.610. The molecule has 0 N–H and O–H groups in total. The SMILES string of the molecule is CC(C)CC(C)(C)C(OOC(C)(C)C)C(=O)[O-]. The van der Waals surface area contributed by atoms with E-state index in [1.54, 1.807) is 20.8 Å². The van der Waals surface area contributed by atoms with E-state index >= 15 is 0 Å². The summed E-state index contributed by atoms with van der Waals surface area (Å²) in [6, 6.07) is 0. The van der Waals surface area contributed by atoms with Crippen LogP contribution in [0.2, 0.25) is 0 Å². The molecule has 0 aromatic rings. The summed E-state index contributed by atoms with van der Waals surface area (Å²) in [6.45, 7) is 13.2. The Morgan fingerprint density at radius 1 is 1.18 bits per heavy atom. The molecule has 0 radical (unpaired) electrons. The molecule has 0 fully saturated rings. The molecule has 1 unspecified atom stereocenters. The largest absolute Gasteiger partial charge is 0.547 e. The van der Waals surface area contributed by atoms with E-state index in [1.807, 2.05) is 27.7 Å². The smallest absolute Gasteiger partial charge is 0.137 e. The topological polar surface area (TPSA) is 58.6 Å². The van der Waals surface area contributed by atoms with Gasteiger partial charge >= 0.3 is 0 Å². The molecule has 0 aromatic heterocycles. The van der Waals surface area contributed by atoms with Crippen molar-refractivity contribution in [3.8, 4) is 0 Å². The summed E-state index contributed by atoms with van der Waals surface area (Å²) >= 11 is 0. The number of carbonyl (C=O) groups is 1. The molecule has 0 aliphatic rings. The molecular formula is C13H25O4-. The average Bonchev–Trinajstić information content (AvgIpc) is 1.96. The summed E-state index contributed by atoms with van der Waals surface area (Å²) in [6.07, 6.45) is -0.344. The highest BCUT2D eigenvalue weighted by Gasteiger charge is 2.34. The summed E-state index contributed by atoms with van der Waals surface area (Å²) in [7, 11) is 0. The lowest BCUT2D eigenvalue weighted by Crippen LogP contribution is -2.48. The number of rotatable bonds is 6. The van der Waals surface area contributed by atoms with Crippen LogP contribution in [0.1, 0.15) is 54.9 Å². The van der Waals surface area contributed by atoms with Gasteiger partial charge < -0.3 is 9.90 Å². The van der Waals surface area contributed by atoms with Crippen molar-refractivity contribution in [1.82, 2.24) is 0 Å². The number of aliphatic carboxylic acids is 1. The van der Waals surface area contributed by atoms with Crippen molar-refractivity contribution in [3.05, 3.63) is 0 Å². The minimum Gasteiger partial charge on any atom is -0.547 e. The first kappa shape index (κ1) is 16.4.